The van der Waals surface area contributed by atoms with E-state index in [1.54, 1.807) is 12.1 Å². The lowest BCUT2D eigenvalue weighted by molar-refractivity contribution is 0.211. The number of aliphatic hydroxyl groups excluding tert-OH is 1. The molecular formula is C11H16ClNO2. The summed E-state index contributed by atoms with van der Waals surface area (Å²) < 4.78 is 0. The number of anilines is 1. The van der Waals surface area contributed by atoms with Crippen LogP contribution in [0.15, 0.2) is 12.1 Å². The molecule has 0 radical (unpaired) electrons. The summed E-state index contributed by atoms with van der Waals surface area (Å²) in [6, 6.07) is 3.43. The highest BCUT2D eigenvalue weighted by Gasteiger charge is 2.06. The molecule has 1 aromatic rings. The number of aromatic hydroxyl groups is 1. The predicted molar refractivity (Wildman–Crippen MR) is 62.8 cm³/mol. The zero-order valence-corrected chi connectivity index (χ0v) is 9.67. The molecule has 0 aromatic heterocycles. The second kappa shape index (κ2) is 5.24. The average molecular weight is 230 g/mol. The van der Waals surface area contributed by atoms with Gasteiger partial charge in [-0.25, -0.2) is 0 Å². The van der Waals surface area contributed by atoms with Crippen LogP contribution in [0.3, 0.4) is 0 Å². The van der Waals surface area contributed by atoms with E-state index in [1.165, 1.54) is 0 Å². The first-order valence-electron chi connectivity index (χ1n) is 4.83. The van der Waals surface area contributed by atoms with Gasteiger partial charge in [0, 0.05) is 12.2 Å². The largest absolute Gasteiger partial charge is 0.508 e. The van der Waals surface area contributed by atoms with Gasteiger partial charge in [-0.3, -0.25) is 0 Å². The van der Waals surface area contributed by atoms with Crippen molar-refractivity contribution in [2.75, 3.05) is 17.7 Å². The third-order valence-corrected chi connectivity index (χ3v) is 2.82. The molecule has 0 amide bonds. The molecule has 0 spiro atoms. The fourth-order valence-corrected chi connectivity index (χ4v) is 1.39. The molecule has 1 aromatic carbocycles. The first kappa shape index (κ1) is 12.1. The molecule has 15 heavy (non-hydrogen) atoms. The number of nitrogens with one attached hydrogen (secondary N) is 1. The van der Waals surface area contributed by atoms with Gasteiger partial charge in [-0.15, -0.1) is 11.6 Å². The van der Waals surface area contributed by atoms with E-state index in [0.29, 0.717) is 6.54 Å². The maximum Gasteiger partial charge on any atom is 0.118 e. The number of phenols is 1. The summed E-state index contributed by atoms with van der Waals surface area (Å²) in [5, 5.41) is 21.8. The predicted octanol–water partition coefficient (Wildman–Crippen LogP) is 2.02. The molecule has 3 nitrogen and oxygen atoms in total. The van der Waals surface area contributed by atoms with Gasteiger partial charge in [-0.2, -0.15) is 0 Å². The Bertz CT molecular complexity index is 342. The lowest BCUT2D eigenvalue weighted by atomic mass is 10.1. The van der Waals surface area contributed by atoms with Crippen LogP contribution in [-0.4, -0.2) is 28.7 Å². The summed E-state index contributed by atoms with van der Waals surface area (Å²) in [5.74, 6) is 0.499. The quantitative estimate of drug-likeness (QED) is 0.547. The van der Waals surface area contributed by atoms with E-state index in [-0.39, 0.29) is 11.6 Å². The van der Waals surface area contributed by atoms with Crippen LogP contribution in [0.5, 0.6) is 5.75 Å². The Morgan fingerprint density at radius 3 is 2.60 bits per heavy atom. The molecule has 0 fully saturated rings. The number of hydrogen-bond acceptors (Lipinski definition) is 3. The molecule has 0 saturated heterocycles. The minimum atomic E-state index is -0.555. The molecule has 1 atom stereocenters. The number of benzene rings is 1. The molecule has 0 aliphatic heterocycles. The topological polar surface area (TPSA) is 52.5 Å². The SMILES string of the molecule is Cc1c(O)ccc(NCC(O)CCl)c1C. The van der Waals surface area contributed by atoms with Crippen LogP contribution >= 0.6 is 11.6 Å². The first-order valence-corrected chi connectivity index (χ1v) is 5.36. The lowest BCUT2D eigenvalue weighted by Crippen LogP contribution is -2.21. The van der Waals surface area contributed by atoms with Crippen molar-refractivity contribution in [3.63, 3.8) is 0 Å². The van der Waals surface area contributed by atoms with Crippen LogP contribution < -0.4 is 5.32 Å². The average Bonchev–Trinajstić information content (AvgIpc) is 2.24. The number of alkyl halides is 1. The van der Waals surface area contributed by atoms with Gasteiger partial charge in [0.2, 0.25) is 0 Å². The van der Waals surface area contributed by atoms with E-state index in [0.717, 1.165) is 16.8 Å². The molecule has 3 N–H and O–H groups in total. The standard InChI is InChI=1S/C11H16ClNO2/c1-7-8(2)11(15)4-3-10(7)13-6-9(14)5-12/h3-4,9,13-15H,5-6H2,1-2H3. The molecule has 4 heteroatoms. The van der Waals surface area contributed by atoms with Gasteiger partial charge in [0.1, 0.15) is 5.75 Å². The third-order valence-electron chi connectivity index (χ3n) is 2.46. The maximum absolute atomic E-state index is 9.45. The third kappa shape index (κ3) is 3.01. The summed E-state index contributed by atoms with van der Waals surface area (Å²) in [5.41, 5.74) is 2.74. The Morgan fingerprint density at radius 2 is 2.00 bits per heavy atom. The van der Waals surface area contributed by atoms with Crippen LogP contribution in [-0.2, 0) is 0 Å². The first-order chi connectivity index (χ1) is 7.06. The maximum atomic E-state index is 9.45. The van der Waals surface area contributed by atoms with Gasteiger partial charge in [0.15, 0.2) is 0 Å². The Kier molecular flexibility index (Phi) is 4.24. The van der Waals surface area contributed by atoms with Crippen molar-refractivity contribution in [2.45, 2.75) is 20.0 Å². The zero-order valence-electron chi connectivity index (χ0n) is 8.92. The highest BCUT2D eigenvalue weighted by Crippen LogP contribution is 2.26. The smallest absolute Gasteiger partial charge is 0.118 e. The van der Waals surface area contributed by atoms with Crippen molar-refractivity contribution in [1.82, 2.24) is 0 Å². The van der Waals surface area contributed by atoms with Crippen LogP contribution in [0.4, 0.5) is 5.69 Å². The van der Waals surface area contributed by atoms with Crippen molar-refractivity contribution >= 4 is 17.3 Å². The monoisotopic (exact) mass is 229 g/mol. The Balaban J connectivity index is 2.74. The van der Waals surface area contributed by atoms with Crippen molar-refractivity contribution < 1.29 is 10.2 Å². The van der Waals surface area contributed by atoms with Crippen molar-refractivity contribution in [1.29, 1.82) is 0 Å². The summed E-state index contributed by atoms with van der Waals surface area (Å²) in [7, 11) is 0. The fraction of sp³-hybridized carbons (Fsp3) is 0.455. The molecule has 0 heterocycles. The minimum Gasteiger partial charge on any atom is -0.508 e. The van der Waals surface area contributed by atoms with Gasteiger partial charge in [0.05, 0.1) is 12.0 Å². The normalized spacial score (nSPS) is 12.5. The molecule has 0 saturated carbocycles. The van der Waals surface area contributed by atoms with E-state index >= 15 is 0 Å². The van der Waals surface area contributed by atoms with Gasteiger partial charge >= 0.3 is 0 Å². The molecule has 1 rings (SSSR count). The Morgan fingerprint density at radius 1 is 1.33 bits per heavy atom. The van der Waals surface area contributed by atoms with Gasteiger partial charge in [-0.1, -0.05) is 0 Å². The summed E-state index contributed by atoms with van der Waals surface area (Å²) in [6.07, 6.45) is -0.555. The second-order valence-corrected chi connectivity index (χ2v) is 3.88. The van der Waals surface area contributed by atoms with Crippen LogP contribution in [0.25, 0.3) is 0 Å². The molecular weight excluding hydrogens is 214 g/mol. The Hall–Kier alpha value is -0.930. The highest BCUT2D eigenvalue weighted by atomic mass is 35.5. The van der Waals surface area contributed by atoms with E-state index in [9.17, 15) is 10.2 Å². The molecule has 0 aliphatic carbocycles. The van der Waals surface area contributed by atoms with E-state index in [4.69, 9.17) is 11.6 Å². The molecule has 0 bridgehead atoms. The van der Waals surface area contributed by atoms with Crippen molar-refractivity contribution in [2.24, 2.45) is 0 Å². The van der Waals surface area contributed by atoms with Crippen molar-refractivity contribution in [3.8, 4) is 5.75 Å². The van der Waals surface area contributed by atoms with E-state index < -0.39 is 6.10 Å². The fourth-order valence-electron chi connectivity index (χ4n) is 1.28. The number of rotatable bonds is 4. The lowest BCUT2D eigenvalue weighted by Gasteiger charge is -2.14. The number of halogens is 1. The minimum absolute atomic E-state index is 0.211. The number of aliphatic hydroxyl groups is 1. The summed E-state index contributed by atoms with van der Waals surface area (Å²) >= 11 is 5.48. The van der Waals surface area contributed by atoms with E-state index in [2.05, 4.69) is 5.32 Å². The molecule has 1 unspecified atom stereocenters. The molecule has 0 aliphatic rings. The van der Waals surface area contributed by atoms with Gasteiger partial charge < -0.3 is 15.5 Å². The highest BCUT2D eigenvalue weighted by molar-refractivity contribution is 6.18. The molecule has 84 valence electrons. The summed E-state index contributed by atoms with van der Waals surface area (Å²) in [6.45, 7) is 4.19. The second-order valence-electron chi connectivity index (χ2n) is 3.57. The Labute approximate surface area is 94.7 Å². The number of hydrogen-bond donors (Lipinski definition) is 3. The van der Waals surface area contributed by atoms with Crippen LogP contribution in [0.1, 0.15) is 11.1 Å². The van der Waals surface area contributed by atoms with Gasteiger partial charge in [-0.05, 0) is 37.1 Å². The number of phenolic OH excluding ortho intramolecular Hbond substituents is 1. The summed E-state index contributed by atoms with van der Waals surface area (Å²) in [4.78, 5) is 0. The van der Waals surface area contributed by atoms with Gasteiger partial charge in [0.25, 0.3) is 0 Å². The van der Waals surface area contributed by atoms with Crippen molar-refractivity contribution in [3.05, 3.63) is 23.3 Å². The zero-order chi connectivity index (χ0) is 11.4. The van der Waals surface area contributed by atoms with Crippen LogP contribution in [0.2, 0.25) is 0 Å². The van der Waals surface area contributed by atoms with Crippen LogP contribution in [0, 0.1) is 13.8 Å². The van der Waals surface area contributed by atoms with E-state index in [1.807, 2.05) is 13.8 Å².